The van der Waals surface area contributed by atoms with Crippen molar-refractivity contribution in [2.24, 2.45) is 0 Å². The largest absolute Gasteiger partial charge is 0.268 e. The number of hydrogen-bond donors (Lipinski definition) is 0. The molecule has 0 aliphatic carbocycles. The van der Waals surface area contributed by atoms with Crippen molar-refractivity contribution in [3.63, 3.8) is 0 Å². The predicted molar refractivity (Wildman–Crippen MR) is 86.2 cm³/mol. The molecule has 5 heteroatoms. The topological polar surface area (TPSA) is 47.8 Å². The van der Waals surface area contributed by atoms with E-state index in [1.165, 1.54) is 4.57 Å². The van der Waals surface area contributed by atoms with Gasteiger partial charge in [-0.1, -0.05) is 37.6 Å². The molecular weight excluding hydrogens is 286 g/mol. The highest BCUT2D eigenvalue weighted by Gasteiger charge is 2.12. The van der Waals surface area contributed by atoms with Crippen LogP contribution in [-0.2, 0) is 0 Å². The van der Waals surface area contributed by atoms with Crippen LogP contribution in [0.2, 0.25) is 5.02 Å². The second-order valence-electron chi connectivity index (χ2n) is 4.12. The number of fused-ring (bicyclic) bond motifs is 1. The van der Waals surface area contributed by atoms with Crippen LogP contribution in [0.5, 0.6) is 0 Å². The van der Waals surface area contributed by atoms with E-state index < -0.39 is 0 Å². The van der Waals surface area contributed by atoms with Crippen molar-refractivity contribution in [1.29, 1.82) is 0 Å². The zero-order chi connectivity index (χ0) is 15.4. The highest BCUT2D eigenvalue weighted by Crippen LogP contribution is 2.19. The van der Waals surface area contributed by atoms with E-state index in [1.54, 1.807) is 43.5 Å². The Balaban J connectivity index is 0.000000774. The summed E-state index contributed by atoms with van der Waals surface area (Å²) in [5, 5.41) is 0.820. The lowest BCUT2D eigenvalue weighted by Crippen LogP contribution is -2.23. The van der Waals surface area contributed by atoms with Gasteiger partial charge in [-0.2, -0.15) is 0 Å². The van der Waals surface area contributed by atoms with E-state index in [0.29, 0.717) is 27.6 Å². The van der Waals surface area contributed by atoms with Crippen LogP contribution < -0.4 is 5.56 Å². The number of pyridine rings is 1. The molecule has 4 nitrogen and oxygen atoms in total. The average molecular weight is 302 g/mol. The number of hydrogen-bond acceptors (Lipinski definition) is 3. The molecule has 2 heterocycles. The predicted octanol–water partition coefficient (Wildman–Crippen LogP) is 3.77. The van der Waals surface area contributed by atoms with Gasteiger partial charge in [-0.25, -0.2) is 14.5 Å². The number of halogens is 1. The molecular formula is C16H16ClN3O. The maximum atomic E-state index is 12.6. The fourth-order valence-electron chi connectivity index (χ4n) is 2.06. The van der Waals surface area contributed by atoms with Crippen molar-refractivity contribution in [3.05, 3.63) is 63.8 Å². The first-order chi connectivity index (χ1) is 10.2. The Bertz CT molecular complexity index is 813. The van der Waals surface area contributed by atoms with Gasteiger partial charge in [0, 0.05) is 6.20 Å². The summed E-state index contributed by atoms with van der Waals surface area (Å²) in [6.45, 7) is 5.77. The lowest BCUT2D eigenvalue weighted by atomic mass is 10.2. The van der Waals surface area contributed by atoms with Crippen LogP contribution in [0.4, 0.5) is 0 Å². The Labute approximate surface area is 128 Å². The molecule has 0 atom stereocenters. The maximum Gasteiger partial charge on any atom is 0.268 e. The molecule has 108 valence electrons. The standard InChI is InChI=1S/C14H10ClN3O.C2H6/c1-9-17-11-6-4-5-10(15)13(11)14(19)18(9)12-7-2-3-8-16-12;1-2/h2-8H,1H3;1-2H3. The van der Waals surface area contributed by atoms with Gasteiger partial charge in [-0.05, 0) is 31.2 Å². The van der Waals surface area contributed by atoms with Crippen LogP contribution in [0.1, 0.15) is 19.7 Å². The van der Waals surface area contributed by atoms with E-state index in [2.05, 4.69) is 9.97 Å². The summed E-state index contributed by atoms with van der Waals surface area (Å²) in [6.07, 6.45) is 1.64. The summed E-state index contributed by atoms with van der Waals surface area (Å²) < 4.78 is 1.47. The summed E-state index contributed by atoms with van der Waals surface area (Å²) in [7, 11) is 0. The van der Waals surface area contributed by atoms with Gasteiger partial charge in [0.25, 0.3) is 5.56 Å². The minimum Gasteiger partial charge on any atom is -0.268 e. The normalized spacial score (nSPS) is 10.1. The second kappa shape index (κ2) is 6.50. The van der Waals surface area contributed by atoms with E-state index in [-0.39, 0.29) is 5.56 Å². The van der Waals surface area contributed by atoms with Crippen LogP contribution in [0, 0.1) is 6.92 Å². The number of nitrogens with zero attached hydrogens (tertiary/aromatic N) is 3. The summed E-state index contributed by atoms with van der Waals surface area (Å²) in [4.78, 5) is 21.2. The summed E-state index contributed by atoms with van der Waals surface area (Å²) in [6, 6.07) is 10.6. The molecule has 0 radical (unpaired) electrons. The lowest BCUT2D eigenvalue weighted by Gasteiger charge is -2.10. The van der Waals surface area contributed by atoms with Crippen LogP contribution in [0.25, 0.3) is 16.7 Å². The molecule has 0 N–H and O–H groups in total. The molecule has 1 aromatic carbocycles. The van der Waals surface area contributed by atoms with Crippen molar-refractivity contribution in [2.75, 3.05) is 0 Å². The fourth-order valence-corrected chi connectivity index (χ4v) is 2.31. The van der Waals surface area contributed by atoms with Crippen LogP contribution in [0.15, 0.2) is 47.4 Å². The highest BCUT2D eigenvalue weighted by atomic mass is 35.5. The van der Waals surface area contributed by atoms with E-state index >= 15 is 0 Å². The first kappa shape index (κ1) is 15.2. The average Bonchev–Trinajstić information content (AvgIpc) is 2.50. The molecule has 0 saturated carbocycles. The van der Waals surface area contributed by atoms with Gasteiger partial charge in [-0.3, -0.25) is 4.79 Å². The van der Waals surface area contributed by atoms with Crippen molar-refractivity contribution < 1.29 is 0 Å². The quantitative estimate of drug-likeness (QED) is 0.687. The number of benzene rings is 1. The number of aryl methyl sites for hydroxylation is 1. The molecule has 0 aliphatic heterocycles. The molecule has 0 saturated heterocycles. The van der Waals surface area contributed by atoms with E-state index in [9.17, 15) is 4.79 Å². The Hall–Kier alpha value is -2.20. The van der Waals surface area contributed by atoms with Gasteiger partial charge in [0.15, 0.2) is 0 Å². The molecule has 0 spiro atoms. The van der Waals surface area contributed by atoms with Crippen molar-refractivity contribution >= 4 is 22.5 Å². The molecule has 0 amide bonds. The Kier molecular flexibility index (Phi) is 4.70. The van der Waals surface area contributed by atoms with Gasteiger partial charge in [-0.15, -0.1) is 0 Å². The van der Waals surface area contributed by atoms with Crippen LogP contribution in [0.3, 0.4) is 0 Å². The third kappa shape index (κ3) is 2.81. The number of aromatic nitrogens is 3. The molecule has 0 aliphatic rings. The first-order valence-corrected chi connectivity index (χ1v) is 7.15. The highest BCUT2D eigenvalue weighted by molar-refractivity contribution is 6.35. The fraction of sp³-hybridized carbons (Fsp3) is 0.188. The van der Waals surface area contributed by atoms with Gasteiger partial charge >= 0.3 is 0 Å². The Morgan fingerprint density at radius 1 is 1.10 bits per heavy atom. The van der Waals surface area contributed by atoms with E-state index in [0.717, 1.165) is 0 Å². The molecule has 3 aromatic rings. The second-order valence-corrected chi connectivity index (χ2v) is 4.53. The van der Waals surface area contributed by atoms with Crippen LogP contribution >= 0.6 is 11.6 Å². The monoisotopic (exact) mass is 301 g/mol. The van der Waals surface area contributed by atoms with Gasteiger partial charge in [0.2, 0.25) is 0 Å². The number of rotatable bonds is 1. The zero-order valence-electron chi connectivity index (χ0n) is 12.2. The summed E-state index contributed by atoms with van der Waals surface area (Å²) >= 11 is 6.10. The smallest absolute Gasteiger partial charge is 0.268 e. The van der Waals surface area contributed by atoms with E-state index in [1.807, 2.05) is 19.9 Å². The molecule has 0 bridgehead atoms. The maximum absolute atomic E-state index is 12.6. The first-order valence-electron chi connectivity index (χ1n) is 6.78. The third-order valence-electron chi connectivity index (χ3n) is 2.89. The van der Waals surface area contributed by atoms with E-state index in [4.69, 9.17) is 11.6 Å². The van der Waals surface area contributed by atoms with Crippen molar-refractivity contribution in [1.82, 2.24) is 14.5 Å². The Morgan fingerprint density at radius 2 is 1.86 bits per heavy atom. The van der Waals surface area contributed by atoms with Crippen molar-refractivity contribution in [3.8, 4) is 5.82 Å². The molecule has 0 fully saturated rings. The van der Waals surface area contributed by atoms with Gasteiger partial charge < -0.3 is 0 Å². The zero-order valence-corrected chi connectivity index (χ0v) is 12.9. The minimum absolute atomic E-state index is 0.202. The lowest BCUT2D eigenvalue weighted by molar-refractivity contribution is 0.864. The van der Waals surface area contributed by atoms with Gasteiger partial charge in [0.1, 0.15) is 11.6 Å². The third-order valence-corrected chi connectivity index (χ3v) is 3.21. The molecule has 3 rings (SSSR count). The Morgan fingerprint density at radius 3 is 2.52 bits per heavy atom. The molecule has 21 heavy (non-hydrogen) atoms. The van der Waals surface area contributed by atoms with Gasteiger partial charge in [0.05, 0.1) is 15.9 Å². The SMILES string of the molecule is CC.Cc1nc2cccc(Cl)c2c(=O)n1-c1ccccn1. The molecule has 2 aromatic heterocycles. The summed E-state index contributed by atoms with van der Waals surface area (Å²) in [5.74, 6) is 1.12. The molecule has 0 unspecified atom stereocenters. The van der Waals surface area contributed by atoms with Crippen LogP contribution in [-0.4, -0.2) is 14.5 Å². The van der Waals surface area contributed by atoms with Crippen molar-refractivity contribution in [2.45, 2.75) is 20.8 Å². The summed E-state index contributed by atoms with van der Waals surface area (Å²) in [5.41, 5.74) is 0.397. The minimum atomic E-state index is -0.202.